The molecule has 1 aliphatic rings. The highest BCUT2D eigenvalue weighted by Gasteiger charge is 2.24. The fourth-order valence-electron chi connectivity index (χ4n) is 3.11. The Kier molecular flexibility index (Phi) is 4.23. The molecule has 1 aromatic carbocycles. The SMILES string of the molecule is Cn1ncc2c(=O)n(CC(=O)NC3CCSc4c(F)cccc43)cnc21. The van der Waals surface area contributed by atoms with Gasteiger partial charge in [-0.2, -0.15) is 5.10 Å². The average molecular weight is 373 g/mol. The summed E-state index contributed by atoms with van der Waals surface area (Å²) in [7, 11) is 1.70. The summed E-state index contributed by atoms with van der Waals surface area (Å²) in [4.78, 5) is 29.7. The van der Waals surface area contributed by atoms with Crippen LogP contribution in [0.15, 0.2) is 40.4 Å². The van der Waals surface area contributed by atoms with Gasteiger partial charge < -0.3 is 5.32 Å². The lowest BCUT2D eigenvalue weighted by atomic mass is 10.0. The molecular formula is C17H16FN5O2S. The number of carbonyl (C=O) groups is 1. The molecule has 0 radical (unpaired) electrons. The zero-order chi connectivity index (χ0) is 18.3. The molecular weight excluding hydrogens is 357 g/mol. The third-order valence-electron chi connectivity index (χ3n) is 4.39. The molecule has 1 aliphatic heterocycles. The first kappa shape index (κ1) is 16.8. The number of halogens is 1. The van der Waals surface area contributed by atoms with Crippen molar-refractivity contribution >= 4 is 28.7 Å². The summed E-state index contributed by atoms with van der Waals surface area (Å²) < 4.78 is 16.7. The van der Waals surface area contributed by atoms with E-state index in [1.54, 1.807) is 13.1 Å². The quantitative estimate of drug-likeness (QED) is 0.755. The molecule has 1 amide bonds. The zero-order valence-corrected chi connectivity index (χ0v) is 14.8. The van der Waals surface area contributed by atoms with Crippen LogP contribution in [0.25, 0.3) is 11.0 Å². The summed E-state index contributed by atoms with van der Waals surface area (Å²) >= 11 is 1.46. The van der Waals surface area contributed by atoms with E-state index in [-0.39, 0.29) is 29.9 Å². The number of rotatable bonds is 3. The van der Waals surface area contributed by atoms with Gasteiger partial charge in [0, 0.05) is 17.7 Å². The Morgan fingerprint density at radius 2 is 2.31 bits per heavy atom. The molecule has 9 heteroatoms. The number of nitrogens with one attached hydrogen (secondary N) is 1. The molecule has 26 heavy (non-hydrogen) atoms. The van der Waals surface area contributed by atoms with E-state index in [9.17, 15) is 14.0 Å². The van der Waals surface area contributed by atoms with E-state index in [1.807, 2.05) is 6.07 Å². The molecule has 0 saturated carbocycles. The van der Waals surface area contributed by atoms with Crippen molar-refractivity contribution < 1.29 is 9.18 Å². The lowest BCUT2D eigenvalue weighted by Crippen LogP contribution is -2.36. The third kappa shape index (κ3) is 2.88. The molecule has 1 N–H and O–H groups in total. The van der Waals surface area contributed by atoms with Gasteiger partial charge in [0.05, 0.1) is 12.2 Å². The summed E-state index contributed by atoms with van der Waals surface area (Å²) in [5.41, 5.74) is 0.937. The molecule has 4 rings (SSSR count). The molecule has 134 valence electrons. The van der Waals surface area contributed by atoms with Gasteiger partial charge in [-0.3, -0.25) is 18.8 Å². The van der Waals surface area contributed by atoms with Crippen molar-refractivity contribution in [2.75, 3.05) is 5.75 Å². The van der Waals surface area contributed by atoms with Crippen LogP contribution >= 0.6 is 11.8 Å². The molecule has 0 fully saturated rings. The van der Waals surface area contributed by atoms with Gasteiger partial charge in [-0.05, 0) is 18.1 Å². The van der Waals surface area contributed by atoms with Gasteiger partial charge in [0.2, 0.25) is 5.91 Å². The molecule has 0 bridgehead atoms. The van der Waals surface area contributed by atoms with Crippen molar-refractivity contribution in [1.29, 1.82) is 0 Å². The number of hydrogen-bond donors (Lipinski definition) is 1. The Morgan fingerprint density at radius 3 is 3.15 bits per heavy atom. The maximum atomic E-state index is 13.9. The zero-order valence-electron chi connectivity index (χ0n) is 14.0. The molecule has 3 aromatic rings. The Labute approximate surface area is 152 Å². The summed E-state index contributed by atoms with van der Waals surface area (Å²) in [6.45, 7) is -0.148. The van der Waals surface area contributed by atoms with Crippen molar-refractivity contribution in [3.05, 3.63) is 52.5 Å². The lowest BCUT2D eigenvalue weighted by molar-refractivity contribution is -0.122. The number of hydrogen-bond acceptors (Lipinski definition) is 5. The molecule has 1 unspecified atom stereocenters. The molecule has 7 nitrogen and oxygen atoms in total. The van der Waals surface area contributed by atoms with E-state index in [1.165, 1.54) is 39.6 Å². The van der Waals surface area contributed by atoms with Crippen molar-refractivity contribution in [1.82, 2.24) is 24.6 Å². The van der Waals surface area contributed by atoms with Crippen molar-refractivity contribution in [2.45, 2.75) is 23.9 Å². The van der Waals surface area contributed by atoms with Crippen LogP contribution in [0.5, 0.6) is 0 Å². The first-order valence-electron chi connectivity index (χ1n) is 8.12. The fourth-order valence-corrected chi connectivity index (χ4v) is 4.25. The predicted molar refractivity (Wildman–Crippen MR) is 95.4 cm³/mol. The second kappa shape index (κ2) is 6.56. The smallest absolute Gasteiger partial charge is 0.264 e. The van der Waals surface area contributed by atoms with Gasteiger partial charge in [0.25, 0.3) is 5.56 Å². The van der Waals surface area contributed by atoms with E-state index in [4.69, 9.17) is 0 Å². The minimum absolute atomic E-state index is 0.148. The van der Waals surface area contributed by atoms with E-state index in [2.05, 4.69) is 15.4 Å². The van der Waals surface area contributed by atoms with Gasteiger partial charge >= 0.3 is 0 Å². The van der Waals surface area contributed by atoms with Gasteiger partial charge in [-0.1, -0.05) is 12.1 Å². The number of thioether (sulfide) groups is 1. The Bertz CT molecular complexity index is 1060. The van der Waals surface area contributed by atoms with E-state index >= 15 is 0 Å². The van der Waals surface area contributed by atoms with Crippen LogP contribution < -0.4 is 10.9 Å². The monoisotopic (exact) mass is 373 g/mol. The maximum absolute atomic E-state index is 13.9. The number of aryl methyl sites for hydroxylation is 1. The largest absolute Gasteiger partial charge is 0.348 e. The molecule has 2 aromatic heterocycles. The van der Waals surface area contributed by atoms with Gasteiger partial charge in [-0.15, -0.1) is 11.8 Å². The fraction of sp³-hybridized carbons (Fsp3) is 0.294. The summed E-state index contributed by atoms with van der Waals surface area (Å²) in [6.07, 6.45) is 3.49. The van der Waals surface area contributed by atoms with E-state index < -0.39 is 0 Å². The Balaban J connectivity index is 1.55. The number of nitrogens with zero attached hydrogens (tertiary/aromatic N) is 4. The Morgan fingerprint density at radius 1 is 1.46 bits per heavy atom. The predicted octanol–water partition coefficient (Wildman–Crippen LogP) is 1.62. The molecule has 1 atom stereocenters. The van der Waals surface area contributed by atoms with Gasteiger partial charge in [0.1, 0.15) is 24.1 Å². The summed E-state index contributed by atoms with van der Waals surface area (Å²) in [5, 5.41) is 7.28. The van der Waals surface area contributed by atoms with Crippen LogP contribution in [-0.4, -0.2) is 31.0 Å². The second-order valence-corrected chi connectivity index (χ2v) is 7.20. The number of carbonyl (C=O) groups excluding carboxylic acids is 1. The third-order valence-corrected chi connectivity index (χ3v) is 5.55. The van der Waals surface area contributed by atoms with Crippen molar-refractivity contribution in [3.8, 4) is 0 Å². The van der Waals surface area contributed by atoms with Crippen LogP contribution in [0, 0.1) is 5.82 Å². The van der Waals surface area contributed by atoms with Crippen LogP contribution in [0.4, 0.5) is 4.39 Å². The highest BCUT2D eigenvalue weighted by Crippen LogP contribution is 2.37. The first-order chi connectivity index (χ1) is 12.5. The topological polar surface area (TPSA) is 81.8 Å². The van der Waals surface area contributed by atoms with E-state index in [0.717, 1.165) is 11.3 Å². The second-order valence-electron chi connectivity index (χ2n) is 6.10. The Hall–Kier alpha value is -2.68. The van der Waals surface area contributed by atoms with Gasteiger partial charge in [-0.25, -0.2) is 9.37 Å². The summed E-state index contributed by atoms with van der Waals surface area (Å²) in [6, 6.07) is 4.62. The number of benzene rings is 1. The highest BCUT2D eigenvalue weighted by molar-refractivity contribution is 7.99. The van der Waals surface area contributed by atoms with Crippen molar-refractivity contribution in [2.24, 2.45) is 7.05 Å². The molecule has 0 aliphatic carbocycles. The minimum atomic E-state index is -0.316. The van der Waals surface area contributed by atoms with E-state index in [0.29, 0.717) is 22.3 Å². The maximum Gasteiger partial charge on any atom is 0.264 e. The number of fused-ring (bicyclic) bond motifs is 2. The average Bonchev–Trinajstić information content (AvgIpc) is 3.00. The van der Waals surface area contributed by atoms with Crippen molar-refractivity contribution in [3.63, 3.8) is 0 Å². The van der Waals surface area contributed by atoms with Crippen LogP contribution in [0.1, 0.15) is 18.0 Å². The lowest BCUT2D eigenvalue weighted by Gasteiger charge is -2.26. The number of aromatic nitrogens is 4. The van der Waals surface area contributed by atoms with Crippen LogP contribution in [0.3, 0.4) is 0 Å². The van der Waals surface area contributed by atoms with Gasteiger partial charge in [0.15, 0.2) is 5.65 Å². The van der Waals surface area contributed by atoms with Crippen LogP contribution in [-0.2, 0) is 18.4 Å². The minimum Gasteiger partial charge on any atom is -0.348 e. The van der Waals surface area contributed by atoms with Crippen LogP contribution in [0.2, 0.25) is 0 Å². The molecule has 0 spiro atoms. The normalized spacial score (nSPS) is 16.5. The number of amides is 1. The highest BCUT2D eigenvalue weighted by atomic mass is 32.2. The summed E-state index contributed by atoms with van der Waals surface area (Å²) in [5.74, 6) is 0.139. The standard InChI is InChI=1S/C17H16FN5O2S/c1-22-16-11(7-20-22)17(25)23(9-19-16)8-14(24)21-13-5-6-26-15-10(13)3-2-4-12(15)18/h2-4,7,9,13H,5-6,8H2,1H3,(H,21,24). The molecule has 0 saturated heterocycles. The molecule has 3 heterocycles. The first-order valence-corrected chi connectivity index (χ1v) is 9.11.